The van der Waals surface area contributed by atoms with Crippen LogP contribution in [0.1, 0.15) is 90.9 Å². The van der Waals surface area contributed by atoms with E-state index >= 15 is 0 Å². The molecule has 0 aliphatic rings. The Bertz CT molecular complexity index is 443. The minimum absolute atomic E-state index is 0.0140. The van der Waals surface area contributed by atoms with Crippen molar-refractivity contribution in [2.75, 3.05) is 0 Å². The number of esters is 3. The number of rotatable bonds is 15. The molecule has 0 aromatic carbocycles. The van der Waals surface area contributed by atoms with E-state index in [1.165, 1.54) is 0 Å². The Morgan fingerprint density at radius 1 is 0.654 bits per heavy atom. The average molecular weight is 372 g/mol. The van der Waals surface area contributed by atoms with Gasteiger partial charge in [-0.1, -0.05) is 25.7 Å². The lowest BCUT2D eigenvalue weighted by Crippen LogP contribution is -2.12. The maximum atomic E-state index is 11.5. The van der Waals surface area contributed by atoms with Crippen molar-refractivity contribution in [1.29, 1.82) is 0 Å². The fourth-order valence-corrected chi connectivity index (χ4v) is 2.34. The number of hydrogen-bond acceptors (Lipinski definition) is 6. The summed E-state index contributed by atoms with van der Waals surface area (Å²) in [7, 11) is 0. The maximum absolute atomic E-state index is 11.5. The van der Waals surface area contributed by atoms with E-state index in [4.69, 9.17) is 9.84 Å². The lowest BCUT2D eigenvalue weighted by atomic mass is 10.1. The molecule has 0 aliphatic heterocycles. The van der Waals surface area contributed by atoms with Gasteiger partial charge < -0.3 is 14.6 Å². The van der Waals surface area contributed by atoms with Crippen molar-refractivity contribution in [3.63, 3.8) is 0 Å². The lowest BCUT2D eigenvalue weighted by Gasteiger charge is -2.07. The molecule has 0 spiro atoms. The fourth-order valence-electron chi connectivity index (χ4n) is 2.34. The molecule has 0 fully saturated rings. The molecular weight excluding hydrogens is 340 g/mol. The topological polar surface area (TPSA) is 107 Å². The molecule has 0 saturated carbocycles. The predicted octanol–water partition coefficient (Wildman–Crippen LogP) is 3.77. The standard InChI is InChI=1S/C19H32O7/c1-15(2)25-17(22)12-7-5-3-4-6-8-13-18(23)26-19(24)14-10-9-11-16(20)21/h15H,3-14H2,1-2H3,(H,20,21). The highest BCUT2D eigenvalue weighted by Crippen LogP contribution is 2.10. The van der Waals surface area contributed by atoms with Gasteiger partial charge in [-0.05, 0) is 39.5 Å². The van der Waals surface area contributed by atoms with Crippen LogP contribution in [0.15, 0.2) is 0 Å². The second-order valence-corrected chi connectivity index (χ2v) is 6.61. The number of carboxylic acid groups (broad SMARTS) is 1. The summed E-state index contributed by atoms with van der Waals surface area (Å²) in [5.41, 5.74) is 0. The SMILES string of the molecule is CC(C)OC(=O)CCCCCCCCC(=O)OC(=O)CCCCC(=O)O. The molecule has 0 rings (SSSR count). The van der Waals surface area contributed by atoms with Gasteiger partial charge in [-0.25, -0.2) is 0 Å². The summed E-state index contributed by atoms with van der Waals surface area (Å²) in [5, 5.41) is 8.48. The van der Waals surface area contributed by atoms with E-state index in [1.54, 1.807) is 0 Å². The smallest absolute Gasteiger partial charge is 0.313 e. The minimum Gasteiger partial charge on any atom is -0.481 e. The molecule has 0 saturated heterocycles. The van der Waals surface area contributed by atoms with Crippen LogP contribution >= 0.6 is 0 Å². The van der Waals surface area contributed by atoms with Gasteiger partial charge in [0.15, 0.2) is 0 Å². The summed E-state index contributed by atoms with van der Waals surface area (Å²) in [4.78, 5) is 44.6. The highest BCUT2D eigenvalue weighted by atomic mass is 16.6. The van der Waals surface area contributed by atoms with Crippen LogP contribution in [0.5, 0.6) is 0 Å². The van der Waals surface area contributed by atoms with Crippen molar-refractivity contribution in [2.45, 2.75) is 97.0 Å². The van der Waals surface area contributed by atoms with E-state index in [0.29, 0.717) is 25.7 Å². The van der Waals surface area contributed by atoms with Gasteiger partial charge in [-0.2, -0.15) is 0 Å². The molecule has 26 heavy (non-hydrogen) atoms. The quantitative estimate of drug-likeness (QED) is 0.265. The molecule has 1 N–H and O–H groups in total. The summed E-state index contributed by atoms with van der Waals surface area (Å²) < 4.78 is 9.73. The molecular formula is C19H32O7. The largest absolute Gasteiger partial charge is 0.481 e. The first-order valence-corrected chi connectivity index (χ1v) is 9.46. The molecule has 0 unspecified atom stereocenters. The summed E-state index contributed by atoms with van der Waals surface area (Å²) in [5.74, 6) is -2.17. The Labute approximate surface area is 155 Å². The summed E-state index contributed by atoms with van der Waals surface area (Å²) in [6.45, 7) is 3.66. The first kappa shape index (κ1) is 24.1. The Kier molecular flexibility index (Phi) is 14.2. The van der Waals surface area contributed by atoms with E-state index < -0.39 is 17.9 Å². The van der Waals surface area contributed by atoms with E-state index in [9.17, 15) is 19.2 Å². The number of hydrogen-bond donors (Lipinski definition) is 1. The first-order valence-electron chi connectivity index (χ1n) is 9.46. The molecule has 0 amide bonds. The van der Waals surface area contributed by atoms with Crippen molar-refractivity contribution in [2.24, 2.45) is 0 Å². The van der Waals surface area contributed by atoms with Gasteiger partial charge in [0.1, 0.15) is 0 Å². The van der Waals surface area contributed by atoms with Gasteiger partial charge in [-0.15, -0.1) is 0 Å². The number of carbonyl (C=O) groups is 4. The third kappa shape index (κ3) is 16.9. The van der Waals surface area contributed by atoms with Crippen molar-refractivity contribution < 1.29 is 33.8 Å². The lowest BCUT2D eigenvalue weighted by molar-refractivity contribution is -0.160. The third-order valence-electron chi connectivity index (χ3n) is 3.63. The van der Waals surface area contributed by atoms with Gasteiger partial charge in [0, 0.05) is 25.7 Å². The predicted molar refractivity (Wildman–Crippen MR) is 95.4 cm³/mol. The molecule has 150 valence electrons. The van der Waals surface area contributed by atoms with Crippen molar-refractivity contribution in [3.8, 4) is 0 Å². The third-order valence-corrected chi connectivity index (χ3v) is 3.63. The zero-order chi connectivity index (χ0) is 19.8. The van der Waals surface area contributed by atoms with Crippen LogP contribution in [-0.2, 0) is 28.7 Å². The normalized spacial score (nSPS) is 10.6. The van der Waals surface area contributed by atoms with Crippen LogP contribution in [0.4, 0.5) is 0 Å². The van der Waals surface area contributed by atoms with Gasteiger partial charge >= 0.3 is 23.9 Å². The Balaban J connectivity index is 3.47. The molecule has 0 aromatic rings. The van der Waals surface area contributed by atoms with Gasteiger partial charge in [-0.3, -0.25) is 19.2 Å². The first-order chi connectivity index (χ1) is 12.3. The zero-order valence-electron chi connectivity index (χ0n) is 16.0. The van der Waals surface area contributed by atoms with E-state index in [-0.39, 0.29) is 31.3 Å². The van der Waals surface area contributed by atoms with Crippen LogP contribution < -0.4 is 0 Å². The van der Waals surface area contributed by atoms with E-state index in [1.807, 2.05) is 13.8 Å². The monoisotopic (exact) mass is 372 g/mol. The molecule has 0 radical (unpaired) electrons. The van der Waals surface area contributed by atoms with Crippen LogP contribution in [-0.4, -0.2) is 35.1 Å². The highest BCUT2D eigenvalue weighted by molar-refractivity contribution is 5.85. The van der Waals surface area contributed by atoms with Crippen LogP contribution in [0.25, 0.3) is 0 Å². The second kappa shape index (κ2) is 15.3. The highest BCUT2D eigenvalue weighted by Gasteiger charge is 2.10. The number of unbranched alkanes of at least 4 members (excludes halogenated alkanes) is 6. The van der Waals surface area contributed by atoms with Crippen LogP contribution in [0, 0.1) is 0 Å². The average Bonchev–Trinajstić information content (AvgIpc) is 2.53. The maximum Gasteiger partial charge on any atom is 0.313 e. The summed E-state index contributed by atoms with van der Waals surface area (Å²) in [6.07, 6.45) is 6.73. The molecule has 0 aromatic heterocycles. The van der Waals surface area contributed by atoms with Crippen molar-refractivity contribution in [3.05, 3.63) is 0 Å². The molecule has 7 heteroatoms. The van der Waals surface area contributed by atoms with Gasteiger partial charge in [0.25, 0.3) is 0 Å². The number of aliphatic carboxylic acids is 1. The van der Waals surface area contributed by atoms with Crippen LogP contribution in [0.3, 0.4) is 0 Å². The number of carboxylic acids is 1. The van der Waals surface area contributed by atoms with Crippen molar-refractivity contribution >= 4 is 23.9 Å². The van der Waals surface area contributed by atoms with Gasteiger partial charge in [0.2, 0.25) is 0 Å². The summed E-state index contributed by atoms with van der Waals surface area (Å²) in [6, 6.07) is 0. The van der Waals surface area contributed by atoms with Crippen LogP contribution in [0.2, 0.25) is 0 Å². The molecule has 0 aliphatic carbocycles. The molecule has 0 bridgehead atoms. The Hall–Kier alpha value is -1.92. The molecule has 7 nitrogen and oxygen atoms in total. The van der Waals surface area contributed by atoms with E-state index in [2.05, 4.69) is 4.74 Å². The Morgan fingerprint density at radius 2 is 1.04 bits per heavy atom. The zero-order valence-corrected chi connectivity index (χ0v) is 16.0. The number of ether oxygens (including phenoxy) is 2. The minimum atomic E-state index is -0.898. The Morgan fingerprint density at radius 3 is 1.50 bits per heavy atom. The second-order valence-electron chi connectivity index (χ2n) is 6.61. The number of carbonyl (C=O) groups excluding carboxylic acids is 3. The fraction of sp³-hybridized carbons (Fsp3) is 0.789. The summed E-state index contributed by atoms with van der Waals surface area (Å²) >= 11 is 0. The molecule has 0 heterocycles. The molecule has 0 atom stereocenters. The van der Waals surface area contributed by atoms with Gasteiger partial charge in [0.05, 0.1) is 6.10 Å². The van der Waals surface area contributed by atoms with E-state index in [0.717, 1.165) is 32.1 Å². The van der Waals surface area contributed by atoms with Crippen molar-refractivity contribution in [1.82, 2.24) is 0 Å².